The van der Waals surface area contributed by atoms with Crippen LogP contribution in [0, 0.1) is 0 Å². The number of anilines is 1. The van der Waals surface area contributed by atoms with Gasteiger partial charge in [-0.15, -0.1) is 0 Å². The van der Waals surface area contributed by atoms with Gasteiger partial charge in [-0.3, -0.25) is 0 Å². The molecule has 0 aliphatic rings. The number of benzene rings is 2. The molecule has 11 heteroatoms. The molecule has 2 N–H and O–H groups in total. The zero-order valence-corrected chi connectivity index (χ0v) is 16.9. The van der Waals surface area contributed by atoms with Crippen molar-refractivity contribution in [3.63, 3.8) is 0 Å². The summed E-state index contributed by atoms with van der Waals surface area (Å²) in [6.07, 6.45) is 0. The molecule has 2 rings (SSSR count). The van der Waals surface area contributed by atoms with Crippen LogP contribution in [0.15, 0.2) is 40.1 Å². The zero-order valence-electron chi connectivity index (χ0n) is 11.2. The maximum absolute atomic E-state index is 11.1. The first-order valence-electron chi connectivity index (χ1n) is 4.85. The summed E-state index contributed by atoms with van der Waals surface area (Å²) >= 11 is 0. The van der Waals surface area contributed by atoms with Crippen LogP contribution in [0.1, 0.15) is 0 Å². The minimum absolute atomic E-state index is 0. The summed E-state index contributed by atoms with van der Waals surface area (Å²) in [5.41, 5.74) is 4.98. The van der Waals surface area contributed by atoms with Gasteiger partial charge in [-0.1, -0.05) is 18.2 Å². The Morgan fingerprint density at radius 2 is 1.33 bits per heavy atom. The van der Waals surface area contributed by atoms with Gasteiger partial charge >= 0.3 is 59.1 Å². The molecule has 0 aliphatic carbocycles. The second kappa shape index (κ2) is 7.26. The van der Waals surface area contributed by atoms with E-state index >= 15 is 0 Å². The van der Waals surface area contributed by atoms with E-state index in [2.05, 4.69) is 0 Å². The average Bonchev–Trinajstić information content (AvgIpc) is 2.25. The summed E-state index contributed by atoms with van der Waals surface area (Å²) in [5.74, 6) is 0. The molecule has 0 saturated carbocycles. The maximum atomic E-state index is 11.1. The number of hydrogen-bond donors (Lipinski definition) is 1. The Kier molecular flexibility index (Phi) is 7.37. The van der Waals surface area contributed by atoms with Crippen molar-refractivity contribution in [1.82, 2.24) is 0 Å². The largest absolute Gasteiger partial charge is 1.00 e. The second-order valence-electron chi connectivity index (χ2n) is 3.74. The Balaban J connectivity index is 0.00000200. The SMILES string of the molecule is Nc1c(S(=O)(=O)[O-])ccc2cccc(S(=O)(=O)[O-])c12.[Na+].[Na+]. The third-order valence-corrected chi connectivity index (χ3v) is 4.32. The van der Waals surface area contributed by atoms with E-state index < -0.39 is 35.7 Å². The van der Waals surface area contributed by atoms with Crippen LogP contribution in [0.3, 0.4) is 0 Å². The van der Waals surface area contributed by atoms with Crippen molar-refractivity contribution in [2.24, 2.45) is 0 Å². The van der Waals surface area contributed by atoms with Crippen molar-refractivity contribution >= 4 is 36.7 Å². The molecule has 2 aromatic carbocycles. The maximum Gasteiger partial charge on any atom is 1.00 e. The summed E-state index contributed by atoms with van der Waals surface area (Å²) in [4.78, 5) is -1.41. The average molecular weight is 347 g/mol. The summed E-state index contributed by atoms with van der Waals surface area (Å²) in [7, 11) is -9.70. The van der Waals surface area contributed by atoms with E-state index in [-0.39, 0.29) is 69.9 Å². The Morgan fingerprint density at radius 3 is 1.81 bits per heavy atom. The first kappa shape index (κ1) is 21.3. The van der Waals surface area contributed by atoms with Gasteiger partial charge in [0.25, 0.3) is 0 Å². The van der Waals surface area contributed by atoms with E-state index in [9.17, 15) is 25.9 Å². The van der Waals surface area contributed by atoms with E-state index in [0.717, 1.165) is 12.1 Å². The van der Waals surface area contributed by atoms with Crippen molar-refractivity contribution in [3.05, 3.63) is 30.3 Å². The quantitative estimate of drug-likeness (QED) is 0.324. The van der Waals surface area contributed by atoms with Crippen molar-refractivity contribution in [2.45, 2.75) is 9.79 Å². The first-order chi connectivity index (χ1) is 8.62. The number of nitrogens with two attached hydrogens (primary N) is 1. The molecular formula is C10H7NNa2O6S2. The normalized spacial score (nSPS) is 11.5. The van der Waals surface area contributed by atoms with E-state index in [1.165, 1.54) is 18.2 Å². The predicted octanol–water partition coefficient (Wildman–Crippen LogP) is -5.76. The van der Waals surface area contributed by atoms with Crippen LogP contribution in [-0.4, -0.2) is 25.9 Å². The van der Waals surface area contributed by atoms with Crippen molar-refractivity contribution < 1.29 is 85.1 Å². The fraction of sp³-hybridized carbons (Fsp3) is 0. The minimum Gasteiger partial charge on any atom is -0.744 e. The molecule has 0 saturated heterocycles. The van der Waals surface area contributed by atoms with Gasteiger partial charge in [0, 0.05) is 5.39 Å². The fourth-order valence-electron chi connectivity index (χ4n) is 1.78. The van der Waals surface area contributed by atoms with E-state index in [1.807, 2.05) is 0 Å². The minimum atomic E-state index is -4.86. The topological polar surface area (TPSA) is 140 Å². The van der Waals surface area contributed by atoms with E-state index in [0.29, 0.717) is 0 Å². The third kappa shape index (κ3) is 4.41. The Labute approximate surface area is 166 Å². The van der Waals surface area contributed by atoms with Crippen LogP contribution in [0.5, 0.6) is 0 Å². The molecule has 102 valence electrons. The van der Waals surface area contributed by atoms with Crippen molar-refractivity contribution in [2.75, 3.05) is 5.73 Å². The zero-order chi connectivity index (χ0) is 14.4. The van der Waals surface area contributed by atoms with Gasteiger partial charge in [-0.05, 0) is 17.5 Å². The van der Waals surface area contributed by atoms with Crippen molar-refractivity contribution in [1.29, 1.82) is 0 Å². The summed E-state index contributed by atoms with van der Waals surface area (Å²) < 4.78 is 66.3. The summed E-state index contributed by atoms with van der Waals surface area (Å²) in [5, 5.41) is -0.00347. The van der Waals surface area contributed by atoms with Gasteiger partial charge < -0.3 is 14.8 Å². The van der Waals surface area contributed by atoms with Gasteiger partial charge in [-0.25, -0.2) is 16.8 Å². The molecule has 0 heterocycles. The molecule has 7 nitrogen and oxygen atoms in total. The third-order valence-electron chi connectivity index (χ3n) is 2.55. The number of nitrogen functional groups attached to an aromatic ring is 1. The van der Waals surface area contributed by atoms with Gasteiger partial charge in [0.1, 0.15) is 20.2 Å². The number of rotatable bonds is 2. The molecule has 0 spiro atoms. The summed E-state index contributed by atoms with van der Waals surface area (Å²) in [6.45, 7) is 0. The van der Waals surface area contributed by atoms with Crippen LogP contribution in [0.4, 0.5) is 5.69 Å². The molecule has 2 aromatic rings. The molecule has 0 aromatic heterocycles. The van der Waals surface area contributed by atoms with Gasteiger partial charge in [0.05, 0.1) is 15.5 Å². The Morgan fingerprint density at radius 1 is 0.810 bits per heavy atom. The number of fused-ring (bicyclic) bond motifs is 1. The molecule has 0 fully saturated rings. The molecule has 0 amide bonds. The summed E-state index contributed by atoms with van der Waals surface area (Å²) in [6, 6.07) is 5.95. The molecule has 0 radical (unpaired) electrons. The van der Waals surface area contributed by atoms with Crippen LogP contribution >= 0.6 is 0 Å². The van der Waals surface area contributed by atoms with Crippen LogP contribution in [0.25, 0.3) is 10.8 Å². The Hall–Kier alpha value is 0.320. The monoisotopic (exact) mass is 347 g/mol. The van der Waals surface area contributed by atoms with E-state index in [4.69, 9.17) is 5.73 Å². The first-order valence-corrected chi connectivity index (χ1v) is 7.67. The molecule has 0 aliphatic heterocycles. The molecule has 0 bridgehead atoms. The smallest absolute Gasteiger partial charge is 0.744 e. The van der Waals surface area contributed by atoms with Gasteiger partial charge in [0.2, 0.25) is 0 Å². The molecule has 0 atom stereocenters. The molecule has 0 unspecified atom stereocenters. The van der Waals surface area contributed by atoms with Crippen LogP contribution in [0.2, 0.25) is 0 Å². The standard InChI is InChI=1S/C10H9NO6S2.2Na/c11-10-8(19(15,16)17)5-4-6-2-1-3-7(9(6)10)18(12,13)14;;/h1-5H,11H2,(H,12,13,14)(H,15,16,17);;/q;2*+1/p-2. The fourth-order valence-corrected chi connectivity index (χ4v) is 3.11. The Bertz CT molecular complexity index is 880. The van der Waals surface area contributed by atoms with Gasteiger partial charge in [0.15, 0.2) is 0 Å². The molecular weight excluding hydrogens is 340 g/mol. The van der Waals surface area contributed by atoms with Crippen LogP contribution < -0.4 is 64.8 Å². The molecule has 21 heavy (non-hydrogen) atoms. The van der Waals surface area contributed by atoms with E-state index in [1.54, 1.807) is 0 Å². The van der Waals surface area contributed by atoms with Crippen LogP contribution in [-0.2, 0) is 20.2 Å². The van der Waals surface area contributed by atoms with Crippen molar-refractivity contribution in [3.8, 4) is 0 Å². The second-order valence-corrected chi connectivity index (χ2v) is 6.44. The number of hydrogen-bond acceptors (Lipinski definition) is 7. The van der Waals surface area contributed by atoms with Gasteiger partial charge in [-0.2, -0.15) is 0 Å². The predicted molar refractivity (Wildman–Crippen MR) is 64.3 cm³/mol.